The predicted octanol–water partition coefficient (Wildman–Crippen LogP) is 0.0566. The van der Waals surface area contributed by atoms with Gasteiger partial charge < -0.3 is 5.11 Å². The van der Waals surface area contributed by atoms with Gasteiger partial charge in [-0.25, -0.2) is 5.32 Å². The van der Waals surface area contributed by atoms with Crippen LogP contribution < -0.4 is 5.32 Å². The van der Waals surface area contributed by atoms with Crippen LogP contribution in [0.1, 0.15) is 20.8 Å². The first-order valence-electron chi connectivity index (χ1n) is 2.46. The zero-order chi connectivity index (χ0) is 5.91. The minimum atomic E-state index is 0.113. The molecule has 0 aliphatic heterocycles. The minimum Gasteiger partial charge on any atom is -0.434 e. The van der Waals surface area contributed by atoms with E-state index < -0.39 is 0 Å². The molecular weight excluding hydrogens is 90.1 g/mol. The summed E-state index contributed by atoms with van der Waals surface area (Å²) in [6.45, 7) is 6.44. The summed E-state index contributed by atoms with van der Waals surface area (Å²) in [6, 6.07) is 0. The van der Waals surface area contributed by atoms with Gasteiger partial charge in [-0.2, -0.15) is 0 Å². The number of rotatable bonds is 1. The highest BCUT2D eigenvalue weighted by Gasteiger charge is 2.06. The smallest absolute Gasteiger partial charge is 0.200 e. The molecule has 0 aromatic carbocycles. The molecule has 0 unspecified atom stereocenters. The van der Waals surface area contributed by atoms with Crippen molar-refractivity contribution in [3.05, 3.63) is 0 Å². The first kappa shape index (κ1) is 6.92. The van der Waals surface area contributed by atoms with Crippen molar-refractivity contribution in [2.24, 2.45) is 0 Å². The Hall–Kier alpha value is -0.0800. The van der Waals surface area contributed by atoms with Crippen LogP contribution in [0.3, 0.4) is 0 Å². The summed E-state index contributed by atoms with van der Waals surface area (Å²) >= 11 is 0. The fourth-order valence-electron chi connectivity index (χ4n) is 0.265. The van der Waals surface area contributed by atoms with E-state index in [1.807, 2.05) is 20.8 Å². The van der Waals surface area contributed by atoms with E-state index in [-0.39, 0.29) is 5.54 Å². The van der Waals surface area contributed by atoms with Crippen LogP contribution in [0, 0.1) is 0 Å². The third kappa shape index (κ3) is 5.92. The summed E-state index contributed by atoms with van der Waals surface area (Å²) in [5.41, 5.74) is 0.113. The van der Waals surface area contributed by atoms with Gasteiger partial charge in [0.05, 0.1) is 0 Å². The largest absolute Gasteiger partial charge is 0.434 e. The molecule has 0 bridgehead atoms. The van der Waals surface area contributed by atoms with Gasteiger partial charge in [0.2, 0.25) is 6.73 Å². The predicted molar refractivity (Wildman–Crippen MR) is 31.4 cm³/mol. The molecule has 0 aromatic rings. The summed E-state index contributed by atoms with van der Waals surface area (Å²) in [4.78, 5) is 0. The van der Waals surface area contributed by atoms with Crippen molar-refractivity contribution in [3.63, 3.8) is 0 Å². The van der Waals surface area contributed by atoms with E-state index in [0.717, 1.165) is 0 Å². The second-order valence-corrected chi connectivity index (χ2v) is 2.60. The summed E-state index contributed by atoms with van der Waals surface area (Å²) < 4.78 is 0. The average molecular weight is 104 g/mol. The molecule has 0 saturated heterocycles. The first-order chi connectivity index (χ1) is 3.06. The molecule has 0 aromatic heterocycles. The van der Waals surface area contributed by atoms with Crippen molar-refractivity contribution in [2.75, 3.05) is 6.73 Å². The topological polar surface area (TPSA) is 34.9 Å². The average Bonchev–Trinajstić information content (AvgIpc) is 1.30. The summed E-state index contributed by atoms with van der Waals surface area (Å²) in [5.74, 6) is 0. The lowest BCUT2D eigenvalue weighted by atomic mass is 10.1. The van der Waals surface area contributed by atoms with Crippen LogP contribution in [0.5, 0.6) is 0 Å². The van der Waals surface area contributed by atoms with E-state index in [4.69, 9.17) is 5.11 Å². The highest BCUT2D eigenvalue weighted by atomic mass is 16.3. The molecule has 0 atom stereocenters. The van der Waals surface area contributed by atoms with Crippen molar-refractivity contribution in [1.82, 2.24) is 5.32 Å². The lowest BCUT2D eigenvalue weighted by Gasteiger charge is -2.15. The fourth-order valence-corrected chi connectivity index (χ4v) is 0.265. The summed E-state index contributed by atoms with van der Waals surface area (Å²) in [5, 5.41) is 9.70. The highest BCUT2D eigenvalue weighted by molar-refractivity contribution is 4.66. The SMILES string of the molecule is CC(C)(C)NC[OH2+]. The zero-order valence-corrected chi connectivity index (χ0v) is 5.21. The Balaban J connectivity index is 3.15. The second kappa shape index (κ2) is 2.28. The standard InChI is InChI=1S/C5H13NO/c1-5(2,3)6-4-7/h6-7H,4H2,1-3H3/p+1. The van der Waals surface area contributed by atoms with Gasteiger partial charge in [-0.3, -0.25) is 0 Å². The third-order valence-corrected chi connectivity index (χ3v) is 0.619. The Bertz CT molecular complexity index is 46.5. The van der Waals surface area contributed by atoms with Gasteiger partial charge in [0, 0.05) is 5.54 Å². The van der Waals surface area contributed by atoms with Crippen LogP contribution >= 0.6 is 0 Å². The maximum Gasteiger partial charge on any atom is 0.200 e. The van der Waals surface area contributed by atoms with Gasteiger partial charge in [-0.1, -0.05) is 0 Å². The van der Waals surface area contributed by atoms with Gasteiger partial charge in [0.25, 0.3) is 0 Å². The molecule has 0 rings (SSSR count). The molecule has 0 fully saturated rings. The normalized spacial score (nSPS) is 12.0. The van der Waals surface area contributed by atoms with Gasteiger partial charge in [0.15, 0.2) is 0 Å². The Kier molecular flexibility index (Phi) is 2.26. The molecule has 3 N–H and O–H groups in total. The highest BCUT2D eigenvalue weighted by Crippen LogP contribution is 1.95. The molecule has 2 nitrogen and oxygen atoms in total. The van der Waals surface area contributed by atoms with Gasteiger partial charge in [-0.15, -0.1) is 0 Å². The quantitative estimate of drug-likeness (QED) is 0.370. The molecule has 0 aliphatic rings. The number of hydrogen-bond acceptors (Lipinski definition) is 1. The second-order valence-electron chi connectivity index (χ2n) is 2.60. The third-order valence-electron chi connectivity index (χ3n) is 0.619. The van der Waals surface area contributed by atoms with Crippen LogP contribution in [0.25, 0.3) is 0 Å². The first-order valence-corrected chi connectivity index (χ1v) is 2.46. The monoisotopic (exact) mass is 104 g/mol. The Morgan fingerprint density at radius 2 is 1.86 bits per heavy atom. The lowest BCUT2D eigenvalue weighted by Crippen LogP contribution is -2.36. The van der Waals surface area contributed by atoms with Crippen LogP contribution in [0.4, 0.5) is 0 Å². The molecule has 0 spiro atoms. The minimum absolute atomic E-state index is 0.113. The van der Waals surface area contributed by atoms with Crippen molar-refractivity contribution in [3.8, 4) is 0 Å². The van der Waals surface area contributed by atoms with Crippen LogP contribution in [-0.4, -0.2) is 17.4 Å². The van der Waals surface area contributed by atoms with Crippen LogP contribution in [0.2, 0.25) is 0 Å². The molecule has 0 heterocycles. The molecule has 44 valence electrons. The van der Waals surface area contributed by atoms with Crippen molar-refractivity contribution in [2.45, 2.75) is 26.3 Å². The van der Waals surface area contributed by atoms with E-state index in [2.05, 4.69) is 5.32 Å². The van der Waals surface area contributed by atoms with E-state index in [0.29, 0.717) is 6.73 Å². The van der Waals surface area contributed by atoms with Gasteiger partial charge >= 0.3 is 0 Å². The molecule has 0 aliphatic carbocycles. The van der Waals surface area contributed by atoms with Gasteiger partial charge in [0.1, 0.15) is 0 Å². The van der Waals surface area contributed by atoms with E-state index in [1.54, 1.807) is 0 Å². The Morgan fingerprint density at radius 3 is 1.86 bits per heavy atom. The summed E-state index contributed by atoms with van der Waals surface area (Å²) in [7, 11) is 0. The molecule has 0 amide bonds. The molecule has 7 heavy (non-hydrogen) atoms. The van der Waals surface area contributed by atoms with Gasteiger partial charge in [-0.05, 0) is 20.8 Å². The maximum absolute atomic E-state index is 6.75. The Morgan fingerprint density at radius 1 is 1.43 bits per heavy atom. The van der Waals surface area contributed by atoms with E-state index in [1.165, 1.54) is 0 Å². The Labute approximate surface area is 44.5 Å². The number of hydrogen-bond donors (Lipinski definition) is 1. The molecule has 2 heteroatoms. The lowest BCUT2D eigenvalue weighted by molar-refractivity contribution is 0.218. The molecule has 0 radical (unpaired) electrons. The van der Waals surface area contributed by atoms with Crippen molar-refractivity contribution >= 4 is 0 Å². The fraction of sp³-hybridized carbons (Fsp3) is 1.00. The van der Waals surface area contributed by atoms with Crippen LogP contribution in [-0.2, 0) is 0 Å². The zero-order valence-electron chi connectivity index (χ0n) is 5.21. The summed E-state index contributed by atoms with van der Waals surface area (Å²) in [6.07, 6.45) is 0. The van der Waals surface area contributed by atoms with E-state index >= 15 is 0 Å². The van der Waals surface area contributed by atoms with Crippen molar-refractivity contribution < 1.29 is 5.11 Å². The molecule has 0 saturated carbocycles. The maximum atomic E-state index is 6.75. The van der Waals surface area contributed by atoms with Crippen LogP contribution in [0.15, 0.2) is 0 Å². The van der Waals surface area contributed by atoms with Crippen molar-refractivity contribution in [1.29, 1.82) is 0 Å². The number of nitrogens with one attached hydrogen (secondary N) is 1. The molecular formula is C5H14NO+. The van der Waals surface area contributed by atoms with E-state index in [9.17, 15) is 0 Å².